The molecule has 0 aromatic heterocycles. The van der Waals surface area contributed by atoms with E-state index in [9.17, 15) is 0 Å². The van der Waals surface area contributed by atoms with Crippen LogP contribution in [0, 0.1) is 13.8 Å². The number of aliphatic imine (C=N–C) groups is 1. The first-order valence-electron chi connectivity index (χ1n) is 8.69. The molecule has 1 aliphatic carbocycles. The number of anilines is 1. The largest absolute Gasteiger partial charge is 0.340 e. The fraction of sp³-hybridized carbons (Fsp3) is 0.381. The number of hydrogen-bond donors (Lipinski definition) is 1. The smallest absolute Gasteiger partial charge is 0.133 e. The SMILES string of the molecule is Cc1cccc(NC(=NC2CCCCC2)c2cccc(C)c2)c1. The minimum atomic E-state index is 0.455. The first kappa shape index (κ1) is 15.8. The molecule has 0 unspecified atom stereocenters. The van der Waals surface area contributed by atoms with Crippen LogP contribution in [0.2, 0.25) is 0 Å². The summed E-state index contributed by atoms with van der Waals surface area (Å²) >= 11 is 0. The van der Waals surface area contributed by atoms with Crippen molar-refractivity contribution in [3.63, 3.8) is 0 Å². The number of aryl methyl sites for hydroxylation is 2. The number of nitrogens with zero attached hydrogens (tertiary/aromatic N) is 1. The van der Waals surface area contributed by atoms with Gasteiger partial charge < -0.3 is 5.32 Å². The second kappa shape index (κ2) is 7.45. The molecule has 0 bridgehead atoms. The fourth-order valence-electron chi connectivity index (χ4n) is 3.22. The summed E-state index contributed by atoms with van der Waals surface area (Å²) in [7, 11) is 0. The van der Waals surface area contributed by atoms with Gasteiger partial charge in [-0.1, -0.05) is 55.2 Å². The van der Waals surface area contributed by atoms with Gasteiger partial charge >= 0.3 is 0 Å². The first-order chi connectivity index (χ1) is 11.2. The number of hydrogen-bond acceptors (Lipinski definition) is 1. The summed E-state index contributed by atoms with van der Waals surface area (Å²) in [4.78, 5) is 5.08. The molecule has 0 radical (unpaired) electrons. The van der Waals surface area contributed by atoms with Gasteiger partial charge in [0.05, 0.1) is 6.04 Å². The van der Waals surface area contributed by atoms with Crippen molar-refractivity contribution in [2.45, 2.75) is 52.0 Å². The van der Waals surface area contributed by atoms with E-state index in [2.05, 4.69) is 67.7 Å². The summed E-state index contributed by atoms with van der Waals surface area (Å²) in [5.74, 6) is 1.01. The molecule has 0 atom stereocenters. The van der Waals surface area contributed by atoms with Gasteiger partial charge in [0.1, 0.15) is 5.84 Å². The zero-order chi connectivity index (χ0) is 16.1. The van der Waals surface area contributed by atoms with Crippen molar-refractivity contribution < 1.29 is 0 Å². The highest BCUT2D eigenvalue weighted by molar-refractivity contribution is 6.08. The highest BCUT2D eigenvalue weighted by Gasteiger charge is 2.14. The lowest BCUT2D eigenvalue weighted by molar-refractivity contribution is 0.443. The van der Waals surface area contributed by atoms with Crippen molar-refractivity contribution in [3.05, 3.63) is 65.2 Å². The molecule has 23 heavy (non-hydrogen) atoms. The van der Waals surface area contributed by atoms with Crippen molar-refractivity contribution >= 4 is 11.5 Å². The Hall–Kier alpha value is -2.09. The molecule has 0 amide bonds. The van der Waals surface area contributed by atoms with E-state index in [0.717, 1.165) is 11.5 Å². The molecule has 1 aliphatic rings. The van der Waals surface area contributed by atoms with Gasteiger partial charge in [0.2, 0.25) is 0 Å². The van der Waals surface area contributed by atoms with Crippen molar-refractivity contribution in [2.24, 2.45) is 4.99 Å². The molecule has 1 fully saturated rings. The summed E-state index contributed by atoms with van der Waals surface area (Å²) in [6.07, 6.45) is 6.39. The average molecular weight is 306 g/mol. The monoisotopic (exact) mass is 306 g/mol. The number of benzene rings is 2. The van der Waals surface area contributed by atoms with Crippen LogP contribution in [0.4, 0.5) is 5.69 Å². The van der Waals surface area contributed by atoms with Gasteiger partial charge in [0.15, 0.2) is 0 Å². The Bertz CT molecular complexity index is 682. The maximum atomic E-state index is 5.08. The first-order valence-corrected chi connectivity index (χ1v) is 8.69. The summed E-state index contributed by atoms with van der Waals surface area (Å²) in [6, 6.07) is 17.6. The fourth-order valence-corrected chi connectivity index (χ4v) is 3.22. The predicted molar refractivity (Wildman–Crippen MR) is 99.4 cm³/mol. The molecule has 1 saturated carbocycles. The van der Waals surface area contributed by atoms with Gasteiger partial charge in [-0.25, -0.2) is 0 Å². The summed E-state index contributed by atoms with van der Waals surface area (Å²) < 4.78 is 0. The Morgan fingerprint density at radius 2 is 1.61 bits per heavy atom. The Kier molecular flexibility index (Phi) is 5.12. The minimum absolute atomic E-state index is 0.455. The zero-order valence-electron chi connectivity index (χ0n) is 14.2. The Labute approximate surface area is 139 Å². The Balaban J connectivity index is 1.90. The Morgan fingerprint density at radius 3 is 2.30 bits per heavy atom. The second-order valence-electron chi connectivity index (χ2n) is 6.63. The van der Waals surface area contributed by atoms with Crippen molar-refractivity contribution in [1.82, 2.24) is 0 Å². The van der Waals surface area contributed by atoms with E-state index in [-0.39, 0.29) is 0 Å². The van der Waals surface area contributed by atoms with E-state index in [0.29, 0.717) is 6.04 Å². The third kappa shape index (κ3) is 4.44. The van der Waals surface area contributed by atoms with E-state index < -0.39 is 0 Å². The molecular formula is C21H26N2. The molecule has 0 aliphatic heterocycles. The van der Waals surface area contributed by atoms with Gasteiger partial charge in [-0.3, -0.25) is 4.99 Å². The topological polar surface area (TPSA) is 24.4 Å². The molecule has 0 saturated heterocycles. The molecule has 0 heterocycles. The standard InChI is InChI=1S/C21H26N2/c1-16-8-6-10-18(14-16)21(22-19-11-4-3-5-12-19)23-20-13-7-9-17(2)15-20/h6-10,13-15,19H,3-5,11-12H2,1-2H3,(H,22,23). The molecule has 1 N–H and O–H groups in total. The van der Waals surface area contributed by atoms with Crippen LogP contribution in [0.5, 0.6) is 0 Å². The molecule has 120 valence electrons. The van der Waals surface area contributed by atoms with Crippen LogP contribution in [0.3, 0.4) is 0 Å². The summed E-state index contributed by atoms with van der Waals surface area (Å²) in [5.41, 5.74) is 4.82. The van der Waals surface area contributed by atoms with Crippen LogP contribution in [-0.2, 0) is 0 Å². The maximum absolute atomic E-state index is 5.08. The van der Waals surface area contributed by atoms with Crippen molar-refractivity contribution in [3.8, 4) is 0 Å². The van der Waals surface area contributed by atoms with Crippen LogP contribution < -0.4 is 5.32 Å². The average Bonchev–Trinajstić information content (AvgIpc) is 2.55. The van der Waals surface area contributed by atoms with Crippen LogP contribution in [0.1, 0.15) is 48.8 Å². The Morgan fingerprint density at radius 1 is 0.913 bits per heavy atom. The van der Waals surface area contributed by atoms with Gasteiger partial charge in [0.25, 0.3) is 0 Å². The molecule has 2 aromatic carbocycles. The third-order valence-electron chi connectivity index (χ3n) is 4.46. The lowest BCUT2D eigenvalue weighted by Crippen LogP contribution is -2.19. The van der Waals surface area contributed by atoms with Gasteiger partial charge in [-0.05, 0) is 50.5 Å². The maximum Gasteiger partial charge on any atom is 0.133 e. The van der Waals surface area contributed by atoms with Gasteiger partial charge in [0, 0.05) is 11.3 Å². The van der Waals surface area contributed by atoms with Crippen LogP contribution >= 0.6 is 0 Å². The molecule has 2 heteroatoms. The van der Waals surface area contributed by atoms with E-state index >= 15 is 0 Å². The van der Waals surface area contributed by atoms with E-state index in [1.807, 2.05) is 0 Å². The highest BCUT2D eigenvalue weighted by atomic mass is 15.0. The number of nitrogens with one attached hydrogen (secondary N) is 1. The van der Waals surface area contributed by atoms with E-state index in [1.165, 1.54) is 48.8 Å². The lowest BCUT2D eigenvalue weighted by Gasteiger charge is -2.20. The molecule has 0 spiro atoms. The summed E-state index contributed by atoms with van der Waals surface area (Å²) in [5, 5.41) is 3.56. The van der Waals surface area contributed by atoms with E-state index in [4.69, 9.17) is 4.99 Å². The second-order valence-corrected chi connectivity index (χ2v) is 6.63. The van der Waals surface area contributed by atoms with Crippen molar-refractivity contribution in [1.29, 1.82) is 0 Å². The van der Waals surface area contributed by atoms with Crippen LogP contribution in [-0.4, -0.2) is 11.9 Å². The van der Waals surface area contributed by atoms with Crippen LogP contribution in [0.25, 0.3) is 0 Å². The molecule has 2 nitrogen and oxygen atoms in total. The number of amidine groups is 1. The highest BCUT2D eigenvalue weighted by Crippen LogP contribution is 2.22. The minimum Gasteiger partial charge on any atom is -0.340 e. The zero-order valence-corrected chi connectivity index (χ0v) is 14.2. The number of rotatable bonds is 3. The lowest BCUT2D eigenvalue weighted by atomic mass is 9.96. The summed E-state index contributed by atoms with van der Waals surface area (Å²) in [6.45, 7) is 4.25. The van der Waals surface area contributed by atoms with Gasteiger partial charge in [-0.2, -0.15) is 0 Å². The van der Waals surface area contributed by atoms with E-state index in [1.54, 1.807) is 0 Å². The van der Waals surface area contributed by atoms with Crippen molar-refractivity contribution in [2.75, 3.05) is 5.32 Å². The van der Waals surface area contributed by atoms with Crippen LogP contribution in [0.15, 0.2) is 53.5 Å². The molecular weight excluding hydrogens is 280 g/mol. The third-order valence-corrected chi connectivity index (χ3v) is 4.46. The van der Waals surface area contributed by atoms with Gasteiger partial charge in [-0.15, -0.1) is 0 Å². The predicted octanol–water partition coefficient (Wildman–Crippen LogP) is 5.49. The quantitative estimate of drug-likeness (QED) is 0.588. The normalized spacial score (nSPS) is 16.3. The molecule has 2 aromatic rings. The molecule has 3 rings (SSSR count).